The second kappa shape index (κ2) is 20.1. The quantitative estimate of drug-likeness (QED) is 0.139. The van der Waals surface area contributed by atoms with Crippen LogP contribution in [0.5, 0.6) is 0 Å². The van der Waals surface area contributed by atoms with Gasteiger partial charge in [0.15, 0.2) is 0 Å². The third-order valence-electron chi connectivity index (χ3n) is 22.3. The van der Waals surface area contributed by atoms with Gasteiger partial charge < -0.3 is 4.90 Å². The Morgan fingerprint density at radius 3 is 1.07 bits per heavy atom. The summed E-state index contributed by atoms with van der Waals surface area (Å²) in [6.45, 7) is 0. The van der Waals surface area contributed by atoms with Gasteiger partial charge >= 0.3 is 0 Å². The topological polar surface area (TPSA) is 3.24 Å². The molecule has 4 saturated carbocycles. The Morgan fingerprint density at radius 2 is 0.567 bits per heavy atom. The van der Waals surface area contributed by atoms with E-state index in [1.807, 2.05) is 0 Å². The molecule has 0 aromatic heterocycles. The monoisotopic (exact) mass is 1150 g/mol. The predicted molar refractivity (Wildman–Crippen MR) is 373 cm³/mol. The minimum Gasteiger partial charge on any atom is -0.309 e. The molecule has 7 aliphatic rings. The summed E-state index contributed by atoms with van der Waals surface area (Å²) in [5, 5.41) is 0. The standard InChI is InChI=1S/C89H65N/c1-4-22-59(23-5-1)60-44-46-61(47-45-60)62-48-50-67(51-49-62)90(82-42-20-40-80-84(82)76-32-14-16-38-78(76)88(80)65-53-57-52-58(55-65)56-66(88)54-57)83-43-21-41-81-85(83)77-33-15-17-39-79(77)89(81)86-72(70-30-12-10-28-68(70)63-24-6-2-7-25-63)34-18-36-74(86)75-37-19-35-73(87(75)89)71-31-13-11-29-69(71)64-26-8-3-9-27-64/h1-51,57-58,65-66H,52-56H2. The maximum Gasteiger partial charge on any atom is 0.0738 e. The Hall–Kier alpha value is -10.3. The predicted octanol–water partition coefficient (Wildman–Crippen LogP) is 23.2. The summed E-state index contributed by atoms with van der Waals surface area (Å²) in [5.41, 5.74) is 33.9. The van der Waals surface area contributed by atoms with Crippen LogP contribution in [0, 0.1) is 23.7 Å². The fourth-order valence-electron chi connectivity index (χ4n) is 19.2. The zero-order valence-electron chi connectivity index (χ0n) is 50.2. The fourth-order valence-corrected chi connectivity index (χ4v) is 19.2. The largest absolute Gasteiger partial charge is 0.309 e. The van der Waals surface area contributed by atoms with Crippen LogP contribution >= 0.6 is 0 Å². The number of fused-ring (bicyclic) bond motifs is 13. The van der Waals surface area contributed by atoms with Crippen LogP contribution in [-0.2, 0) is 10.8 Å². The van der Waals surface area contributed by atoms with Crippen molar-refractivity contribution in [3.05, 3.63) is 343 Å². The third kappa shape index (κ3) is 7.32. The molecule has 2 spiro atoms. The maximum atomic E-state index is 2.70. The van der Waals surface area contributed by atoms with Gasteiger partial charge in [0.1, 0.15) is 0 Å². The molecule has 20 rings (SSSR count). The highest BCUT2D eigenvalue weighted by molar-refractivity contribution is 6.08. The van der Waals surface area contributed by atoms with Crippen molar-refractivity contribution in [1.82, 2.24) is 0 Å². The molecule has 13 aromatic carbocycles. The number of nitrogens with zero attached hydrogens (tertiary/aromatic N) is 1. The van der Waals surface area contributed by atoms with Gasteiger partial charge in [-0.05, 0) is 202 Å². The molecule has 13 aromatic rings. The van der Waals surface area contributed by atoms with Crippen molar-refractivity contribution in [2.75, 3.05) is 4.90 Å². The Morgan fingerprint density at radius 1 is 0.233 bits per heavy atom. The summed E-state index contributed by atoms with van der Waals surface area (Å²) in [6, 6.07) is 118. The second-order valence-corrected chi connectivity index (χ2v) is 26.5. The molecule has 426 valence electrons. The van der Waals surface area contributed by atoms with Crippen LogP contribution < -0.4 is 4.90 Å². The molecule has 0 heterocycles. The van der Waals surface area contributed by atoms with Gasteiger partial charge in [0.25, 0.3) is 0 Å². The molecule has 0 atom stereocenters. The van der Waals surface area contributed by atoms with Gasteiger partial charge in [-0.3, -0.25) is 0 Å². The average molecular weight is 1150 g/mol. The molecule has 4 fully saturated rings. The first-order valence-electron chi connectivity index (χ1n) is 32.7. The summed E-state index contributed by atoms with van der Waals surface area (Å²) in [6.07, 6.45) is 6.79. The van der Waals surface area contributed by atoms with Crippen LogP contribution in [-0.4, -0.2) is 0 Å². The van der Waals surface area contributed by atoms with E-state index < -0.39 is 5.41 Å². The highest BCUT2D eigenvalue weighted by Gasteiger charge is 2.62. The Kier molecular flexibility index (Phi) is 11.5. The SMILES string of the molecule is c1ccc(-c2ccc(-c3ccc(N(c4cccc5c4-c4ccccc4C54c5c(-c6ccccc6-c6ccccc6)cccc5-c5cccc(-c6ccccc6-c6ccccc6)c54)c4cccc5c4-c4ccccc4C54C5CC6CC(C5)CC4C6)cc3)cc2)cc1. The summed E-state index contributed by atoms with van der Waals surface area (Å²) < 4.78 is 0. The smallest absolute Gasteiger partial charge is 0.0738 e. The van der Waals surface area contributed by atoms with Crippen LogP contribution in [0.2, 0.25) is 0 Å². The maximum absolute atomic E-state index is 2.70. The van der Waals surface area contributed by atoms with Crippen LogP contribution in [0.15, 0.2) is 309 Å². The molecule has 0 unspecified atom stereocenters. The number of rotatable bonds is 9. The van der Waals surface area contributed by atoms with Crippen molar-refractivity contribution in [2.45, 2.75) is 42.9 Å². The molecule has 0 N–H and O–H groups in total. The van der Waals surface area contributed by atoms with E-state index in [4.69, 9.17) is 0 Å². The van der Waals surface area contributed by atoms with Crippen molar-refractivity contribution in [2.24, 2.45) is 23.7 Å². The second-order valence-electron chi connectivity index (χ2n) is 26.5. The van der Waals surface area contributed by atoms with Crippen LogP contribution in [0.1, 0.15) is 65.5 Å². The Balaban J connectivity index is 0.893. The Labute approximate surface area is 528 Å². The molecular weight excluding hydrogens is 1080 g/mol. The van der Waals surface area contributed by atoms with Crippen molar-refractivity contribution in [3.63, 3.8) is 0 Å². The van der Waals surface area contributed by atoms with E-state index in [0.717, 1.165) is 17.5 Å². The normalized spacial score (nSPS) is 19.5. The molecule has 0 radical (unpaired) electrons. The van der Waals surface area contributed by atoms with E-state index in [0.29, 0.717) is 11.8 Å². The lowest BCUT2D eigenvalue weighted by atomic mass is 9.43. The van der Waals surface area contributed by atoms with E-state index in [1.165, 1.54) is 166 Å². The zero-order valence-corrected chi connectivity index (χ0v) is 50.2. The molecular formula is C89H65N. The van der Waals surface area contributed by atoms with Gasteiger partial charge in [-0.1, -0.05) is 285 Å². The van der Waals surface area contributed by atoms with Crippen LogP contribution in [0.4, 0.5) is 17.1 Å². The zero-order chi connectivity index (χ0) is 59.1. The summed E-state index contributed by atoms with van der Waals surface area (Å²) in [7, 11) is 0. The van der Waals surface area contributed by atoms with Crippen molar-refractivity contribution in [1.29, 1.82) is 0 Å². The first-order chi connectivity index (χ1) is 44.6. The highest BCUT2D eigenvalue weighted by Crippen LogP contribution is 2.72. The van der Waals surface area contributed by atoms with E-state index in [2.05, 4.69) is 314 Å². The molecule has 0 saturated heterocycles. The number of hydrogen-bond acceptors (Lipinski definition) is 1. The lowest BCUT2D eigenvalue weighted by Gasteiger charge is -2.61. The minimum atomic E-state index is -0.759. The van der Waals surface area contributed by atoms with E-state index in [-0.39, 0.29) is 5.41 Å². The van der Waals surface area contributed by atoms with E-state index in [1.54, 1.807) is 11.1 Å². The van der Waals surface area contributed by atoms with E-state index >= 15 is 0 Å². The number of benzene rings is 13. The van der Waals surface area contributed by atoms with Crippen molar-refractivity contribution in [3.8, 4) is 100 Å². The highest BCUT2D eigenvalue weighted by atomic mass is 15.1. The molecule has 0 aliphatic heterocycles. The molecule has 90 heavy (non-hydrogen) atoms. The number of hydrogen-bond donors (Lipinski definition) is 0. The van der Waals surface area contributed by atoms with Gasteiger partial charge in [0.2, 0.25) is 0 Å². The minimum absolute atomic E-state index is 0.00222. The lowest BCUT2D eigenvalue weighted by molar-refractivity contribution is -0.0399. The molecule has 1 nitrogen and oxygen atoms in total. The summed E-state index contributed by atoms with van der Waals surface area (Å²) in [5.74, 6) is 2.99. The summed E-state index contributed by atoms with van der Waals surface area (Å²) >= 11 is 0. The average Bonchev–Trinajstić information content (AvgIpc) is 1.50. The first-order valence-corrected chi connectivity index (χ1v) is 32.7. The van der Waals surface area contributed by atoms with Crippen LogP contribution in [0.3, 0.4) is 0 Å². The van der Waals surface area contributed by atoms with Gasteiger partial charge in [-0.25, -0.2) is 0 Å². The van der Waals surface area contributed by atoms with Gasteiger partial charge in [0.05, 0.1) is 16.8 Å². The molecule has 0 amide bonds. The summed E-state index contributed by atoms with van der Waals surface area (Å²) in [4.78, 5) is 2.70. The van der Waals surface area contributed by atoms with Crippen LogP contribution in [0.25, 0.3) is 100 Å². The van der Waals surface area contributed by atoms with E-state index in [9.17, 15) is 0 Å². The Bertz CT molecular complexity index is 4830. The van der Waals surface area contributed by atoms with Gasteiger partial charge in [-0.15, -0.1) is 0 Å². The van der Waals surface area contributed by atoms with Crippen molar-refractivity contribution < 1.29 is 0 Å². The molecule has 4 bridgehead atoms. The van der Waals surface area contributed by atoms with Crippen molar-refractivity contribution >= 4 is 17.1 Å². The van der Waals surface area contributed by atoms with Gasteiger partial charge in [-0.2, -0.15) is 0 Å². The lowest BCUT2D eigenvalue weighted by Crippen LogP contribution is -2.55. The number of anilines is 3. The third-order valence-corrected chi connectivity index (χ3v) is 22.3. The molecule has 1 heteroatoms. The van der Waals surface area contributed by atoms with Gasteiger partial charge in [0, 0.05) is 22.2 Å². The fraction of sp³-hybridized carbons (Fsp3) is 0.124. The first kappa shape index (κ1) is 51.7. The molecule has 7 aliphatic carbocycles.